The second-order valence-corrected chi connectivity index (χ2v) is 5.25. The van der Waals surface area contributed by atoms with Crippen LogP contribution in [0, 0.1) is 0 Å². The Kier molecular flexibility index (Phi) is 1.52. The molecular formula is C9H7NO2S2. The molecule has 1 aliphatic rings. The molecule has 0 aliphatic heterocycles. The van der Waals surface area contributed by atoms with Crippen LogP contribution >= 0.6 is 22.9 Å². The highest BCUT2D eigenvalue weighted by Gasteiger charge is 2.54. The molecule has 14 heavy (non-hydrogen) atoms. The third kappa shape index (κ3) is 0.911. The first-order valence-corrected chi connectivity index (χ1v) is 5.96. The molecular weight excluding hydrogens is 218 g/mol. The summed E-state index contributed by atoms with van der Waals surface area (Å²) in [6.07, 6.45) is 1.47. The lowest BCUT2D eigenvalue weighted by molar-refractivity contribution is -0.140. The van der Waals surface area contributed by atoms with Gasteiger partial charge in [0.05, 0.1) is 15.1 Å². The van der Waals surface area contributed by atoms with Crippen molar-refractivity contribution in [3.05, 3.63) is 17.1 Å². The summed E-state index contributed by atoms with van der Waals surface area (Å²) >= 11 is 2.99. The zero-order valence-corrected chi connectivity index (χ0v) is 8.82. The molecule has 1 N–H and O–H groups in total. The standard InChI is InChI=1S/C9H7NO2S2/c11-8(12)9(2-3-9)7-6-5(14-10-7)1-4-13-6/h1,4H,2-3H2,(H,11,12). The number of nitrogens with zero attached hydrogens (tertiary/aromatic N) is 1. The smallest absolute Gasteiger partial charge is 0.315 e. The molecule has 3 rings (SSSR count). The second kappa shape index (κ2) is 2.55. The Hall–Kier alpha value is -0.940. The first-order valence-electron chi connectivity index (χ1n) is 4.31. The molecule has 0 aromatic carbocycles. The number of carboxylic acid groups (broad SMARTS) is 1. The molecule has 1 saturated carbocycles. The summed E-state index contributed by atoms with van der Waals surface area (Å²) in [5.41, 5.74) is 0.142. The van der Waals surface area contributed by atoms with Gasteiger partial charge in [-0.05, 0) is 35.8 Å². The van der Waals surface area contributed by atoms with E-state index >= 15 is 0 Å². The molecule has 1 aliphatic carbocycles. The van der Waals surface area contributed by atoms with Crippen LogP contribution in [0.2, 0.25) is 0 Å². The van der Waals surface area contributed by atoms with Gasteiger partial charge in [0.2, 0.25) is 0 Å². The van der Waals surface area contributed by atoms with Gasteiger partial charge in [-0.25, -0.2) is 0 Å². The topological polar surface area (TPSA) is 50.2 Å². The maximum Gasteiger partial charge on any atom is 0.315 e. The van der Waals surface area contributed by atoms with Crippen molar-refractivity contribution < 1.29 is 9.90 Å². The highest BCUT2D eigenvalue weighted by atomic mass is 32.1. The number of aromatic nitrogens is 1. The highest BCUT2D eigenvalue weighted by Crippen LogP contribution is 2.51. The first-order chi connectivity index (χ1) is 6.74. The minimum absolute atomic E-state index is 0.650. The zero-order chi connectivity index (χ0) is 9.76. The summed E-state index contributed by atoms with van der Waals surface area (Å²) in [5.74, 6) is -0.724. The van der Waals surface area contributed by atoms with Crippen LogP contribution in [0.4, 0.5) is 0 Å². The van der Waals surface area contributed by atoms with Gasteiger partial charge >= 0.3 is 5.97 Å². The average molecular weight is 225 g/mol. The summed E-state index contributed by atoms with van der Waals surface area (Å²) in [4.78, 5) is 11.1. The summed E-state index contributed by atoms with van der Waals surface area (Å²) < 4.78 is 6.46. The average Bonchev–Trinajstić information content (AvgIpc) is 2.67. The molecule has 0 bridgehead atoms. The predicted molar refractivity (Wildman–Crippen MR) is 56.0 cm³/mol. The van der Waals surface area contributed by atoms with Gasteiger partial charge in [0.15, 0.2) is 0 Å². The van der Waals surface area contributed by atoms with Crippen LogP contribution in [0.3, 0.4) is 0 Å². The van der Waals surface area contributed by atoms with Crippen LogP contribution in [-0.2, 0) is 10.2 Å². The van der Waals surface area contributed by atoms with Crippen molar-refractivity contribution in [3.63, 3.8) is 0 Å². The van der Waals surface area contributed by atoms with Crippen molar-refractivity contribution in [2.75, 3.05) is 0 Å². The van der Waals surface area contributed by atoms with Crippen LogP contribution in [0.1, 0.15) is 18.5 Å². The Morgan fingerprint density at radius 3 is 3.00 bits per heavy atom. The third-order valence-corrected chi connectivity index (χ3v) is 4.55. The summed E-state index contributed by atoms with van der Waals surface area (Å²) in [6.45, 7) is 0. The van der Waals surface area contributed by atoms with E-state index in [0.29, 0.717) is 0 Å². The summed E-state index contributed by atoms with van der Waals surface area (Å²) in [6, 6.07) is 2.00. The molecule has 3 nitrogen and oxygen atoms in total. The maximum absolute atomic E-state index is 11.1. The van der Waals surface area contributed by atoms with Crippen LogP contribution in [0.25, 0.3) is 9.40 Å². The minimum Gasteiger partial charge on any atom is -0.481 e. The molecule has 72 valence electrons. The maximum atomic E-state index is 11.1. The summed E-state index contributed by atoms with van der Waals surface area (Å²) in [7, 11) is 0. The van der Waals surface area contributed by atoms with Crippen LogP contribution in [0.5, 0.6) is 0 Å². The van der Waals surface area contributed by atoms with E-state index in [1.165, 1.54) is 11.5 Å². The third-order valence-electron chi connectivity index (χ3n) is 2.69. The number of hydrogen-bond acceptors (Lipinski definition) is 4. The molecule has 1 fully saturated rings. The van der Waals surface area contributed by atoms with E-state index in [1.54, 1.807) is 11.3 Å². The number of fused-ring (bicyclic) bond motifs is 1. The Labute approximate surface area is 88.2 Å². The monoisotopic (exact) mass is 225 g/mol. The number of rotatable bonds is 2. The minimum atomic E-state index is -0.724. The van der Waals surface area contributed by atoms with Crippen LogP contribution in [-0.4, -0.2) is 15.4 Å². The van der Waals surface area contributed by atoms with Crippen molar-refractivity contribution in [2.45, 2.75) is 18.3 Å². The van der Waals surface area contributed by atoms with Gasteiger partial charge in [-0.15, -0.1) is 11.3 Å². The van der Waals surface area contributed by atoms with E-state index in [9.17, 15) is 4.79 Å². The van der Waals surface area contributed by atoms with Gasteiger partial charge in [-0.1, -0.05) is 0 Å². The molecule has 0 unspecified atom stereocenters. The summed E-state index contributed by atoms with van der Waals surface area (Å²) in [5, 5.41) is 11.1. The van der Waals surface area contributed by atoms with Gasteiger partial charge in [-0.2, -0.15) is 4.37 Å². The second-order valence-electron chi connectivity index (χ2n) is 3.53. The van der Waals surface area contributed by atoms with Crippen molar-refractivity contribution in [2.24, 2.45) is 0 Å². The lowest BCUT2D eigenvalue weighted by atomic mass is 10.0. The largest absolute Gasteiger partial charge is 0.481 e. The molecule has 0 amide bonds. The van der Waals surface area contributed by atoms with Gasteiger partial charge in [0, 0.05) is 0 Å². The van der Waals surface area contributed by atoms with E-state index in [4.69, 9.17) is 5.11 Å². The number of carbonyl (C=O) groups is 1. The number of carboxylic acids is 1. The molecule has 0 atom stereocenters. The van der Waals surface area contributed by atoms with Crippen molar-refractivity contribution in [3.8, 4) is 0 Å². The fourth-order valence-electron chi connectivity index (χ4n) is 1.66. The van der Waals surface area contributed by atoms with E-state index in [0.717, 1.165) is 27.9 Å². The van der Waals surface area contributed by atoms with Gasteiger partial charge < -0.3 is 5.11 Å². The Bertz CT molecular complexity index is 510. The lowest BCUT2D eigenvalue weighted by Gasteiger charge is -2.04. The van der Waals surface area contributed by atoms with Gasteiger partial charge in [0.1, 0.15) is 5.41 Å². The molecule has 2 aromatic rings. The van der Waals surface area contributed by atoms with Gasteiger partial charge in [0.25, 0.3) is 0 Å². The molecule has 0 radical (unpaired) electrons. The number of aliphatic carboxylic acids is 1. The van der Waals surface area contributed by atoms with E-state index in [-0.39, 0.29) is 0 Å². The SMILES string of the molecule is O=C(O)C1(c2nsc3ccsc23)CC1. The van der Waals surface area contributed by atoms with Crippen molar-refractivity contribution in [1.82, 2.24) is 4.37 Å². The molecule has 0 spiro atoms. The predicted octanol–water partition coefficient (Wildman–Crippen LogP) is 2.47. The Balaban J connectivity index is 2.23. The molecule has 5 heteroatoms. The van der Waals surface area contributed by atoms with Crippen molar-refractivity contribution >= 4 is 38.2 Å². The lowest BCUT2D eigenvalue weighted by Crippen LogP contribution is -2.19. The fourth-order valence-corrected chi connectivity index (χ4v) is 3.70. The fraction of sp³-hybridized carbons (Fsp3) is 0.333. The quantitative estimate of drug-likeness (QED) is 0.854. The highest BCUT2D eigenvalue weighted by molar-refractivity contribution is 7.24. The van der Waals surface area contributed by atoms with E-state index in [2.05, 4.69) is 4.37 Å². The zero-order valence-electron chi connectivity index (χ0n) is 7.19. The first kappa shape index (κ1) is 8.38. The Morgan fingerprint density at radius 2 is 2.36 bits per heavy atom. The Morgan fingerprint density at radius 1 is 1.57 bits per heavy atom. The van der Waals surface area contributed by atoms with E-state index < -0.39 is 11.4 Å². The van der Waals surface area contributed by atoms with Gasteiger partial charge in [-0.3, -0.25) is 4.79 Å². The molecule has 2 heterocycles. The van der Waals surface area contributed by atoms with Crippen molar-refractivity contribution in [1.29, 1.82) is 0 Å². The van der Waals surface area contributed by atoms with E-state index in [1.807, 2.05) is 11.4 Å². The van der Waals surface area contributed by atoms with Crippen LogP contribution in [0.15, 0.2) is 11.4 Å². The molecule has 2 aromatic heterocycles. The number of hydrogen-bond donors (Lipinski definition) is 1. The normalized spacial score (nSPS) is 18.6. The van der Waals surface area contributed by atoms with Crippen LogP contribution < -0.4 is 0 Å². The molecule has 0 saturated heterocycles. The number of thiophene rings is 1.